The Labute approximate surface area is 115 Å². The normalized spacial score (nSPS) is 16.9. The molecule has 2 N–H and O–H groups in total. The number of carbonyl (C=O) groups excluding carboxylic acids is 1. The lowest BCUT2D eigenvalue weighted by Gasteiger charge is -2.22. The minimum atomic E-state index is -1.97. The third-order valence-electron chi connectivity index (χ3n) is 3.70. The van der Waals surface area contributed by atoms with Crippen LogP contribution in [0.5, 0.6) is 5.75 Å². The molecule has 0 unspecified atom stereocenters. The first kappa shape index (κ1) is 14.0. The molecule has 1 aromatic carbocycles. The second-order valence-corrected chi connectivity index (χ2v) is 4.82. The average Bonchev–Trinajstić information content (AvgIpc) is 2.56. The minimum absolute atomic E-state index is 0.0993. The zero-order valence-electron chi connectivity index (χ0n) is 10.9. The predicted octanol–water partition coefficient (Wildman–Crippen LogP) is 1.37. The molecule has 106 valence electrons. The van der Waals surface area contributed by atoms with Gasteiger partial charge in [-0.2, -0.15) is 0 Å². The Hall–Kier alpha value is -2.37. The van der Waals surface area contributed by atoms with Gasteiger partial charge in [0.05, 0.1) is 7.11 Å². The van der Waals surface area contributed by atoms with E-state index in [2.05, 4.69) is 0 Å². The van der Waals surface area contributed by atoms with Crippen LogP contribution in [0, 0.1) is 5.41 Å². The van der Waals surface area contributed by atoms with Crippen LogP contribution in [-0.4, -0.2) is 35.0 Å². The highest BCUT2D eigenvalue weighted by Crippen LogP contribution is 2.36. The Morgan fingerprint density at radius 3 is 2.45 bits per heavy atom. The Bertz CT molecular complexity index is 575. The molecule has 0 atom stereocenters. The van der Waals surface area contributed by atoms with Gasteiger partial charge in [-0.3, -0.25) is 14.4 Å². The number of hydrogen-bond donors (Lipinski definition) is 2. The topological polar surface area (TPSA) is 101 Å². The van der Waals surface area contributed by atoms with Gasteiger partial charge in [0.15, 0.2) is 11.2 Å². The van der Waals surface area contributed by atoms with Gasteiger partial charge < -0.3 is 14.9 Å². The maximum absolute atomic E-state index is 12.0. The first-order valence-corrected chi connectivity index (χ1v) is 6.07. The van der Waals surface area contributed by atoms with Gasteiger partial charge >= 0.3 is 11.9 Å². The molecule has 1 aromatic rings. The van der Waals surface area contributed by atoms with E-state index in [0.29, 0.717) is 16.9 Å². The molecule has 1 aliphatic rings. The number of carboxylic acids is 2. The second kappa shape index (κ2) is 4.96. The van der Waals surface area contributed by atoms with Crippen LogP contribution in [0.1, 0.15) is 28.8 Å². The number of ketones is 1. The van der Waals surface area contributed by atoms with Crippen molar-refractivity contribution in [2.45, 2.75) is 19.3 Å². The Balaban J connectivity index is 2.57. The molecule has 0 aliphatic heterocycles. The summed E-state index contributed by atoms with van der Waals surface area (Å²) in [6.45, 7) is 0. The summed E-state index contributed by atoms with van der Waals surface area (Å²) >= 11 is 0. The third kappa shape index (κ3) is 2.13. The zero-order chi connectivity index (χ0) is 14.9. The Kier molecular flexibility index (Phi) is 3.48. The lowest BCUT2D eigenvalue weighted by molar-refractivity contribution is -0.165. The number of benzene rings is 1. The zero-order valence-corrected chi connectivity index (χ0v) is 10.9. The first-order valence-electron chi connectivity index (χ1n) is 6.07. The van der Waals surface area contributed by atoms with Crippen molar-refractivity contribution in [3.8, 4) is 5.75 Å². The van der Waals surface area contributed by atoms with Gasteiger partial charge in [0.2, 0.25) is 0 Å². The number of carboxylic acid groups (broad SMARTS) is 2. The molecular weight excluding hydrogens is 264 g/mol. The number of rotatable bonds is 3. The smallest absolute Gasteiger partial charge is 0.321 e. The maximum atomic E-state index is 12.0. The second-order valence-electron chi connectivity index (χ2n) is 4.82. The van der Waals surface area contributed by atoms with Crippen molar-refractivity contribution in [2.24, 2.45) is 5.41 Å². The fourth-order valence-corrected chi connectivity index (χ4v) is 2.45. The molecule has 2 rings (SSSR count). The molecule has 0 radical (unpaired) electrons. The third-order valence-corrected chi connectivity index (χ3v) is 3.70. The molecule has 0 saturated heterocycles. The highest BCUT2D eigenvalue weighted by Gasteiger charge is 2.48. The van der Waals surface area contributed by atoms with Crippen LogP contribution < -0.4 is 4.74 Å². The number of methoxy groups -OCH3 is 1. The van der Waals surface area contributed by atoms with Crippen LogP contribution in [0.3, 0.4) is 0 Å². The summed E-state index contributed by atoms with van der Waals surface area (Å²) in [5, 5.41) is 18.6. The van der Waals surface area contributed by atoms with Crippen LogP contribution in [0.4, 0.5) is 0 Å². The van der Waals surface area contributed by atoms with Crippen molar-refractivity contribution >= 4 is 17.7 Å². The van der Waals surface area contributed by atoms with Gasteiger partial charge in [0.1, 0.15) is 5.75 Å². The predicted molar refractivity (Wildman–Crippen MR) is 68.0 cm³/mol. The lowest BCUT2D eigenvalue weighted by atomic mass is 9.79. The Morgan fingerprint density at radius 2 is 1.90 bits per heavy atom. The van der Waals surface area contributed by atoms with Gasteiger partial charge in [-0.05, 0) is 30.2 Å². The van der Waals surface area contributed by atoms with Gasteiger partial charge in [-0.25, -0.2) is 0 Å². The number of Topliss-reactive ketones (excluding diaryl/α,β-unsaturated/α-hetero) is 1. The van der Waals surface area contributed by atoms with E-state index in [9.17, 15) is 24.6 Å². The molecule has 20 heavy (non-hydrogen) atoms. The van der Waals surface area contributed by atoms with Crippen molar-refractivity contribution in [1.82, 2.24) is 0 Å². The van der Waals surface area contributed by atoms with Crippen molar-refractivity contribution in [2.75, 3.05) is 7.11 Å². The standard InChI is InChI=1S/C14H14O6/c1-20-9-2-3-10-8(6-9)7-14(12(16)17,13(18)19)5-4-11(10)15/h2-3,6H,4-5,7H2,1H3,(H,16,17)(H,18,19). The Morgan fingerprint density at radius 1 is 1.25 bits per heavy atom. The maximum Gasteiger partial charge on any atom is 0.321 e. The van der Waals surface area contributed by atoms with Crippen LogP contribution in [0.2, 0.25) is 0 Å². The summed E-state index contributed by atoms with van der Waals surface area (Å²) in [6, 6.07) is 4.68. The molecule has 1 aliphatic carbocycles. The van der Waals surface area contributed by atoms with E-state index in [1.54, 1.807) is 12.1 Å². The van der Waals surface area contributed by atoms with Gasteiger partial charge in [0, 0.05) is 18.4 Å². The van der Waals surface area contributed by atoms with E-state index < -0.39 is 17.4 Å². The molecule has 0 bridgehead atoms. The van der Waals surface area contributed by atoms with Crippen LogP contribution in [-0.2, 0) is 16.0 Å². The molecule has 0 aromatic heterocycles. The molecule has 6 heteroatoms. The summed E-state index contributed by atoms with van der Waals surface area (Å²) < 4.78 is 5.04. The number of hydrogen-bond acceptors (Lipinski definition) is 4. The van der Waals surface area contributed by atoms with Crippen molar-refractivity contribution in [1.29, 1.82) is 0 Å². The fourth-order valence-electron chi connectivity index (χ4n) is 2.45. The summed E-state index contributed by atoms with van der Waals surface area (Å²) in [6.07, 6.45) is -0.540. The lowest BCUT2D eigenvalue weighted by Crippen LogP contribution is -2.41. The van der Waals surface area contributed by atoms with Gasteiger partial charge in [-0.15, -0.1) is 0 Å². The first-order chi connectivity index (χ1) is 9.40. The van der Waals surface area contributed by atoms with Crippen LogP contribution in [0.15, 0.2) is 18.2 Å². The number of carbonyl (C=O) groups is 3. The SMILES string of the molecule is COc1ccc2c(c1)CC(C(=O)O)(C(=O)O)CCC2=O. The minimum Gasteiger partial charge on any atom is -0.497 e. The molecule has 0 spiro atoms. The highest BCUT2D eigenvalue weighted by atomic mass is 16.5. The molecule has 0 heterocycles. The monoisotopic (exact) mass is 278 g/mol. The molecule has 0 saturated carbocycles. The van der Waals surface area contributed by atoms with E-state index in [1.807, 2.05) is 0 Å². The largest absolute Gasteiger partial charge is 0.497 e. The van der Waals surface area contributed by atoms with E-state index in [1.165, 1.54) is 13.2 Å². The summed E-state index contributed by atoms with van der Waals surface area (Å²) in [4.78, 5) is 34.8. The molecule has 0 amide bonds. The molecule has 6 nitrogen and oxygen atoms in total. The van der Waals surface area contributed by atoms with Crippen molar-refractivity contribution in [3.63, 3.8) is 0 Å². The molecular formula is C14H14O6. The van der Waals surface area contributed by atoms with Gasteiger partial charge in [0.25, 0.3) is 0 Å². The summed E-state index contributed by atoms with van der Waals surface area (Å²) in [5.74, 6) is -2.63. The van der Waals surface area contributed by atoms with E-state index in [0.717, 1.165) is 0 Å². The average molecular weight is 278 g/mol. The summed E-state index contributed by atoms with van der Waals surface area (Å²) in [5.41, 5.74) is -1.19. The number of aliphatic carboxylic acids is 2. The van der Waals surface area contributed by atoms with Crippen LogP contribution in [0.25, 0.3) is 0 Å². The summed E-state index contributed by atoms with van der Waals surface area (Å²) in [7, 11) is 1.45. The highest BCUT2D eigenvalue weighted by molar-refractivity contribution is 6.03. The number of ether oxygens (including phenoxy) is 1. The number of fused-ring (bicyclic) bond motifs is 1. The quantitative estimate of drug-likeness (QED) is 0.639. The van der Waals surface area contributed by atoms with Crippen LogP contribution >= 0.6 is 0 Å². The molecule has 0 fully saturated rings. The fraction of sp³-hybridized carbons (Fsp3) is 0.357. The van der Waals surface area contributed by atoms with E-state index in [-0.39, 0.29) is 25.0 Å². The van der Waals surface area contributed by atoms with Crippen molar-refractivity contribution < 1.29 is 29.3 Å². The van der Waals surface area contributed by atoms with Crippen molar-refractivity contribution in [3.05, 3.63) is 29.3 Å². The van der Waals surface area contributed by atoms with E-state index in [4.69, 9.17) is 4.74 Å². The van der Waals surface area contributed by atoms with E-state index >= 15 is 0 Å². The van der Waals surface area contributed by atoms with Gasteiger partial charge in [-0.1, -0.05) is 0 Å².